The van der Waals surface area contributed by atoms with Gasteiger partial charge in [-0.05, 0) is 102 Å². The molecular formula is C28H36NO2S+. The minimum absolute atomic E-state index is 0.216. The average molecular weight is 451 g/mol. The predicted octanol–water partition coefficient (Wildman–Crippen LogP) is 7.20. The van der Waals surface area contributed by atoms with Gasteiger partial charge >= 0.3 is 0 Å². The van der Waals surface area contributed by atoms with Crippen LogP contribution in [-0.2, 0) is 10.9 Å². The highest BCUT2D eigenvalue weighted by atomic mass is 32.2. The van der Waals surface area contributed by atoms with E-state index in [4.69, 9.17) is 9.47 Å². The van der Waals surface area contributed by atoms with Crippen LogP contribution in [0, 0.1) is 0 Å². The highest BCUT2D eigenvalue weighted by molar-refractivity contribution is 7.97. The summed E-state index contributed by atoms with van der Waals surface area (Å²) < 4.78 is 12.1. The molecule has 3 rings (SSSR count). The zero-order valence-electron chi connectivity index (χ0n) is 20.6. The Labute approximate surface area is 196 Å². The lowest BCUT2D eigenvalue weighted by Crippen LogP contribution is -2.23. The van der Waals surface area contributed by atoms with E-state index in [1.807, 2.05) is 0 Å². The van der Waals surface area contributed by atoms with Crippen LogP contribution in [0.15, 0.2) is 87.5 Å². The average Bonchev–Trinajstić information content (AvgIpc) is 2.69. The fourth-order valence-corrected chi connectivity index (χ4v) is 5.38. The first-order chi connectivity index (χ1) is 14.9. The molecule has 0 fully saturated rings. The molecule has 0 heterocycles. The molecule has 32 heavy (non-hydrogen) atoms. The van der Waals surface area contributed by atoms with E-state index in [-0.39, 0.29) is 22.1 Å². The van der Waals surface area contributed by atoms with Gasteiger partial charge in [0.05, 0.1) is 10.9 Å². The van der Waals surface area contributed by atoms with E-state index in [1.54, 1.807) is 0 Å². The van der Waals surface area contributed by atoms with Gasteiger partial charge in [0.25, 0.3) is 0 Å². The van der Waals surface area contributed by atoms with Crippen molar-refractivity contribution in [3.05, 3.63) is 72.8 Å². The predicted molar refractivity (Wildman–Crippen MR) is 137 cm³/mol. The summed E-state index contributed by atoms with van der Waals surface area (Å²) in [5.41, 5.74) is 0.763. The topological polar surface area (TPSA) is 21.7 Å². The summed E-state index contributed by atoms with van der Waals surface area (Å²) >= 11 is 0. The molecule has 0 saturated carbocycles. The lowest BCUT2D eigenvalue weighted by atomic mass is 10.2. The second-order valence-corrected chi connectivity index (χ2v) is 12.1. The van der Waals surface area contributed by atoms with Gasteiger partial charge in [-0.1, -0.05) is 6.07 Å². The number of hydrogen-bond donors (Lipinski definition) is 0. The van der Waals surface area contributed by atoms with Crippen LogP contribution >= 0.6 is 0 Å². The molecule has 0 spiro atoms. The van der Waals surface area contributed by atoms with E-state index in [0.717, 1.165) is 11.5 Å². The van der Waals surface area contributed by atoms with Crippen LogP contribution in [0.4, 0.5) is 5.69 Å². The summed E-state index contributed by atoms with van der Waals surface area (Å²) in [7, 11) is 3.91. The van der Waals surface area contributed by atoms with E-state index >= 15 is 0 Å². The Morgan fingerprint density at radius 2 is 1.03 bits per heavy atom. The van der Waals surface area contributed by atoms with Gasteiger partial charge in [0, 0.05) is 25.8 Å². The molecule has 3 nitrogen and oxygen atoms in total. The van der Waals surface area contributed by atoms with Gasteiger partial charge in [-0.2, -0.15) is 0 Å². The Kier molecular flexibility index (Phi) is 7.14. The van der Waals surface area contributed by atoms with Crippen molar-refractivity contribution < 1.29 is 9.47 Å². The van der Waals surface area contributed by atoms with Crippen molar-refractivity contribution in [1.82, 2.24) is 0 Å². The zero-order chi connectivity index (χ0) is 23.5. The van der Waals surface area contributed by atoms with Crippen LogP contribution in [0.1, 0.15) is 41.5 Å². The van der Waals surface area contributed by atoms with Crippen molar-refractivity contribution in [2.45, 2.75) is 67.4 Å². The molecule has 0 saturated heterocycles. The second-order valence-electron chi connectivity index (χ2n) is 10.1. The van der Waals surface area contributed by atoms with Crippen LogP contribution in [0.25, 0.3) is 0 Å². The SMILES string of the molecule is CN(C)c1cccc([S+](c2ccc(OC(C)(C)C)cc2)c2ccc(OC(C)(C)C)cc2)c1. The molecule has 0 N–H and O–H groups in total. The molecule has 0 atom stereocenters. The standard InChI is InChI=1S/C28H36NO2S/c1-27(2,3)30-22-12-16-24(17-13-22)32(26-11-9-10-21(20-26)29(7)8)25-18-14-23(15-19-25)31-28(4,5)6/h9-20H,1-8H3/q+1. The Balaban J connectivity index is 2.01. The molecule has 0 bridgehead atoms. The Morgan fingerprint density at radius 3 is 1.41 bits per heavy atom. The minimum Gasteiger partial charge on any atom is -0.488 e. The van der Waals surface area contributed by atoms with Crippen molar-refractivity contribution in [2.24, 2.45) is 0 Å². The fraction of sp³-hybridized carbons (Fsp3) is 0.357. The van der Waals surface area contributed by atoms with Crippen LogP contribution in [-0.4, -0.2) is 25.3 Å². The van der Waals surface area contributed by atoms with Gasteiger partial charge in [-0.3, -0.25) is 0 Å². The van der Waals surface area contributed by atoms with Gasteiger partial charge in [0.2, 0.25) is 0 Å². The molecule has 0 amide bonds. The summed E-state index contributed by atoms with van der Waals surface area (Å²) in [5, 5.41) is 0. The molecule has 3 aromatic carbocycles. The van der Waals surface area contributed by atoms with Gasteiger partial charge < -0.3 is 14.4 Å². The quantitative estimate of drug-likeness (QED) is 0.371. The molecule has 0 aromatic heterocycles. The third-order valence-electron chi connectivity index (χ3n) is 4.54. The van der Waals surface area contributed by atoms with Crippen molar-refractivity contribution >= 4 is 16.6 Å². The maximum absolute atomic E-state index is 6.04. The van der Waals surface area contributed by atoms with Gasteiger partial charge in [0.15, 0.2) is 14.7 Å². The summed E-state index contributed by atoms with van der Waals surface area (Å²) in [4.78, 5) is 5.94. The highest BCUT2D eigenvalue weighted by Gasteiger charge is 2.29. The van der Waals surface area contributed by atoms with E-state index in [9.17, 15) is 0 Å². The molecular weight excluding hydrogens is 414 g/mol. The van der Waals surface area contributed by atoms with Crippen molar-refractivity contribution in [2.75, 3.05) is 19.0 Å². The molecule has 0 radical (unpaired) electrons. The maximum atomic E-state index is 6.04. The van der Waals surface area contributed by atoms with Crippen molar-refractivity contribution in [1.29, 1.82) is 0 Å². The minimum atomic E-state index is -0.242. The smallest absolute Gasteiger partial charge is 0.168 e. The summed E-state index contributed by atoms with van der Waals surface area (Å²) in [6.07, 6.45) is 0. The number of anilines is 1. The third-order valence-corrected chi connectivity index (χ3v) is 6.75. The summed E-state index contributed by atoms with van der Waals surface area (Å²) in [5.74, 6) is 1.78. The fourth-order valence-electron chi connectivity index (χ4n) is 3.29. The van der Waals surface area contributed by atoms with E-state index < -0.39 is 0 Å². The molecule has 170 valence electrons. The first-order valence-electron chi connectivity index (χ1n) is 11.0. The lowest BCUT2D eigenvalue weighted by Gasteiger charge is -2.21. The first-order valence-corrected chi connectivity index (χ1v) is 12.2. The van der Waals surface area contributed by atoms with E-state index in [1.165, 1.54) is 20.4 Å². The Bertz CT molecular complexity index is 954. The Morgan fingerprint density at radius 1 is 0.594 bits per heavy atom. The van der Waals surface area contributed by atoms with Crippen molar-refractivity contribution in [3.63, 3.8) is 0 Å². The number of hydrogen-bond acceptors (Lipinski definition) is 3. The Hall–Kier alpha value is -2.59. The van der Waals surface area contributed by atoms with Crippen LogP contribution in [0.5, 0.6) is 11.5 Å². The van der Waals surface area contributed by atoms with Gasteiger partial charge in [-0.15, -0.1) is 0 Å². The van der Waals surface area contributed by atoms with Crippen molar-refractivity contribution in [3.8, 4) is 11.5 Å². The normalized spacial score (nSPS) is 12.0. The van der Waals surface area contributed by atoms with Crippen LogP contribution in [0.2, 0.25) is 0 Å². The van der Waals surface area contributed by atoms with Crippen LogP contribution in [0.3, 0.4) is 0 Å². The maximum Gasteiger partial charge on any atom is 0.168 e. The molecule has 0 aliphatic carbocycles. The number of nitrogens with zero attached hydrogens (tertiary/aromatic N) is 1. The summed E-state index contributed by atoms with van der Waals surface area (Å²) in [6, 6.07) is 25.8. The summed E-state index contributed by atoms with van der Waals surface area (Å²) in [6.45, 7) is 12.4. The molecule has 3 aromatic rings. The number of benzene rings is 3. The lowest BCUT2D eigenvalue weighted by molar-refractivity contribution is 0.130. The third kappa shape index (κ3) is 6.70. The number of rotatable bonds is 6. The molecule has 0 unspecified atom stereocenters. The molecule has 4 heteroatoms. The van der Waals surface area contributed by atoms with Crippen LogP contribution < -0.4 is 14.4 Å². The zero-order valence-corrected chi connectivity index (χ0v) is 21.4. The second kappa shape index (κ2) is 9.50. The van der Waals surface area contributed by atoms with Gasteiger partial charge in [-0.25, -0.2) is 0 Å². The highest BCUT2D eigenvalue weighted by Crippen LogP contribution is 2.35. The largest absolute Gasteiger partial charge is 0.488 e. The van der Waals surface area contributed by atoms with E-state index in [0.29, 0.717) is 0 Å². The number of ether oxygens (including phenoxy) is 2. The van der Waals surface area contributed by atoms with Gasteiger partial charge in [0.1, 0.15) is 22.7 Å². The first kappa shape index (κ1) is 24.1. The molecule has 0 aliphatic heterocycles. The monoisotopic (exact) mass is 450 g/mol. The molecule has 0 aliphatic rings. The van der Waals surface area contributed by atoms with E-state index in [2.05, 4.69) is 133 Å².